The second kappa shape index (κ2) is 7.94. The fraction of sp³-hybridized carbons (Fsp3) is 0.529. The molecule has 0 spiro atoms. The van der Waals surface area contributed by atoms with Crippen LogP contribution in [-0.2, 0) is 20.9 Å². The van der Waals surface area contributed by atoms with Crippen LogP contribution in [0.2, 0.25) is 0 Å². The number of carbonyl (C=O) groups is 2. The quantitative estimate of drug-likeness (QED) is 0.720. The smallest absolute Gasteiger partial charge is 0.324 e. The van der Waals surface area contributed by atoms with Crippen molar-refractivity contribution in [3.05, 3.63) is 35.9 Å². The standard InChI is InChI=1S/C17H25NO4/c1-4-10-17(18,16(20)21)14(12(2)3)15(19)22-11-13-8-6-5-7-9-13/h5-9,12,14H,4,10-11,18H2,1-3H3,(H,20,21). The third-order valence-corrected chi connectivity index (χ3v) is 3.76. The van der Waals surface area contributed by atoms with Crippen LogP contribution in [-0.4, -0.2) is 22.6 Å². The molecule has 1 aromatic carbocycles. The number of esters is 1. The van der Waals surface area contributed by atoms with Gasteiger partial charge in [-0.15, -0.1) is 0 Å². The van der Waals surface area contributed by atoms with Gasteiger partial charge in [-0.3, -0.25) is 9.59 Å². The third-order valence-electron chi connectivity index (χ3n) is 3.76. The number of rotatable bonds is 8. The van der Waals surface area contributed by atoms with Crippen molar-refractivity contribution in [1.29, 1.82) is 0 Å². The van der Waals surface area contributed by atoms with Crippen LogP contribution in [0.5, 0.6) is 0 Å². The lowest BCUT2D eigenvalue weighted by atomic mass is 9.75. The topological polar surface area (TPSA) is 89.6 Å². The van der Waals surface area contributed by atoms with Crippen LogP contribution >= 0.6 is 0 Å². The van der Waals surface area contributed by atoms with Crippen molar-refractivity contribution in [1.82, 2.24) is 0 Å². The summed E-state index contributed by atoms with van der Waals surface area (Å²) in [4.78, 5) is 24.0. The van der Waals surface area contributed by atoms with E-state index in [1.54, 1.807) is 13.8 Å². The van der Waals surface area contributed by atoms with Crippen LogP contribution in [0.1, 0.15) is 39.2 Å². The minimum atomic E-state index is -1.60. The highest BCUT2D eigenvalue weighted by molar-refractivity contribution is 5.87. The predicted molar refractivity (Wildman–Crippen MR) is 84.0 cm³/mol. The average molecular weight is 307 g/mol. The number of benzene rings is 1. The Morgan fingerprint density at radius 3 is 2.32 bits per heavy atom. The molecule has 0 heterocycles. The molecule has 0 fully saturated rings. The van der Waals surface area contributed by atoms with Crippen LogP contribution in [0.15, 0.2) is 30.3 Å². The zero-order valence-corrected chi connectivity index (χ0v) is 13.4. The molecule has 0 aliphatic rings. The maximum atomic E-state index is 12.4. The van der Waals surface area contributed by atoms with Gasteiger partial charge in [-0.1, -0.05) is 57.5 Å². The maximum absolute atomic E-state index is 12.4. The van der Waals surface area contributed by atoms with Crippen molar-refractivity contribution < 1.29 is 19.4 Å². The molecule has 2 unspecified atom stereocenters. The summed E-state index contributed by atoms with van der Waals surface area (Å²) in [7, 11) is 0. The molecule has 1 aromatic rings. The highest BCUT2D eigenvalue weighted by Crippen LogP contribution is 2.29. The molecule has 0 radical (unpaired) electrons. The summed E-state index contributed by atoms with van der Waals surface area (Å²) in [6.07, 6.45) is 0.809. The molecule has 2 atom stereocenters. The number of nitrogens with two attached hydrogens (primary N) is 1. The lowest BCUT2D eigenvalue weighted by Crippen LogP contribution is -2.58. The first-order valence-electron chi connectivity index (χ1n) is 7.55. The number of carbonyl (C=O) groups excluding carboxylic acids is 1. The van der Waals surface area contributed by atoms with Gasteiger partial charge in [-0.05, 0) is 17.9 Å². The normalized spacial score (nSPS) is 15.1. The minimum absolute atomic E-state index is 0.116. The van der Waals surface area contributed by atoms with E-state index in [1.807, 2.05) is 37.3 Å². The van der Waals surface area contributed by atoms with E-state index in [9.17, 15) is 14.7 Å². The Labute approximate surface area is 131 Å². The molecular formula is C17H25NO4. The summed E-state index contributed by atoms with van der Waals surface area (Å²) in [6.45, 7) is 5.53. The first-order chi connectivity index (χ1) is 10.3. The van der Waals surface area contributed by atoms with E-state index in [2.05, 4.69) is 0 Å². The third kappa shape index (κ3) is 4.31. The van der Waals surface area contributed by atoms with E-state index in [-0.39, 0.29) is 18.9 Å². The van der Waals surface area contributed by atoms with Crippen LogP contribution < -0.4 is 5.73 Å². The summed E-state index contributed by atoms with van der Waals surface area (Å²) in [6, 6.07) is 9.27. The number of ether oxygens (including phenoxy) is 1. The summed E-state index contributed by atoms with van der Waals surface area (Å²) in [5.41, 5.74) is 5.32. The van der Waals surface area contributed by atoms with Gasteiger partial charge in [0.1, 0.15) is 12.1 Å². The molecule has 0 aromatic heterocycles. The molecule has 22 heavy (non-hydrogen) atoms. The molecule has 3 N–H and O–H groups in total. The number of carboxylic acids is 1. The predicted octanol–water partition coefficient (Wildman–Crippen LogP) is 2.58. The fourth-order valence-electron chi connectivity index (χ4n) is 2.70. The van der Waals surface area contributed by atoms with Crippen LogP contribution in [0.3, 0.4) is 0 Å². The van der Waals surface area contributed by atoms with Crippen LogP contribution in [0.25, 0.3) is 0 Å². The second-order valence-electron chi connectivity index (χ2n) is 5.91. The van der Waals surface area contributed by atoms with E-state index in [1.165, 1.54) is 0 Å². The Kier molecular flexibility index (Phi) is 6.56. The van der Waals surface area contributed by atoms with Gasteiger partial charge in [0.05, 0.1) is 5.92 Å². The van der Waals surface area contributed by atoms with Crippen molar-refractivity contribution >= 4 is 11.9 Å². The molecule has 0 amide bonds. The summed E-state index contributed by atoms with van der Waals surface area (Å²) >= 11 is 0. The van der Waals surface area contributed by atoms with Gasteiger partial charge in [-0.2, -0.15) is 0 Å². The Morgan fingerprint density at radius 2 is 1.86 bits per heavy atom. The van der Waals surface area contributed by atoms with Crippen LogP contribution in [0.4, 0.5) is 0 Å². The van der Waals surface area contributed by atoms with Gasteiger partial charge in [-0.25, -0.2) is 0 Å². The first-order valence-corrected chi connectivity index (χ1v) is 7.55. The molecule has 0 saturated carbocycles. The van der Waals surface area contributed by atoms with Gasteiger partial charge in [0, 0.05) is 0 Å². The minimum Gasteiger partial charge on any atom is -0.480 e. The molecule has 1 rings (SSSR count). The zero-order chi connectivity index (χ0) is 16.8. The van der Waals surface area contributed by atoms with E-state index >= 15 is 0 Å². The lowest BCUT2D eigenvalue weighted by Gasteiger charge is -2.34. The summed E-state index contributed by atoms with van der Waals surface area (Å²) in [5, 5.41) is 9.48. The Morgan fingerprint density at radius 1 is 1.27 bits per heavy atom. The molecule has 0 aliphatic heterocycles. The van der Waals surface area contributed by atoms with Crippen LogP contribution in [0, 0.1) is 11.8 Å². The molecule has 0 bridgehead atoms. The molecule has 5 heteroatoms. The second-order valence-corrected chi connectivity index (χ2v) is 5.91. The fourth-order valence-corrected chi connectivity index (χ4v) is 2.70. The van der Waals surface area contributed by atoms with Gasteiger partial charge < -0.3 is 15.6 Å². The molecular weight excluding hydrogens is 282 g/mol. The van der Waals surface area contributed by atoms with Crippen molar-refractivity contribution in [2.45, 2.75) is 45.8 Å². The summed E-state index contributed by atoms with van der Waals surface area (Å²) in [5.74, 6) is -2.83. The SMILES string of the molecule is CCCC(N)(C(=O)O)C(C(=O)OCc1ccccc1)C(C)C. The first kappa shape index (κ1) is 18.2. The van der Waals surface area contributed by atoms with Crippen molar-refractivity contribution in [2.24, 2.45) is 17.6 Å². The number of aliphatic carboxylic acids is 1. The van der Waals surface area contributed by atoms with E-state index in [0.717, 1.165) is 5.56 Å². The Hall–Kier alpha value is -1.88. The number of hydrogen-bond donors (Lipinski definition) is 2. The molecule has 0 aliphatic carbocycles. The largest absolute Gasteiger partial charge is 0.480 e. The van der Waals surface area contributed by atoms with Crippen molar-refractivity contribution in [2.75, 3.05) is 0 Å². The molecule has 0 saturated heterocycles. The average Bonchev–Trinajstić information content (AvgIpc) is 2.46. The van der Waals surface area contributed by atoms with E-state index in [0.29, 0.717) is 6.42 Å². The lowest BCUT2D eigenvalue weighted by molar-refractivity contribution is -0.163. The summed E-state index contributed by atoms with van der Waals surface area (Å²) < 4.78 is 5.31. The Bertz CT molecular complexity index is 501. The zero-order valence-electron chi connectivity index (χ0n) is 13.4. The van der Waals surface area contributed by atoms with Gasteiger partial charge >= 0.3 is 11.9 Å². The van der Waals surface area contributed by atoms with Gasteiger partial charge in [0.2, 0.25) is 0 Å². The highest BCUT2D eigenvalue weighted by atomic mass is 16.5. The molecule has 122 valence electrons. The monoisotopic (exact) mass is 307 g/mol. The maximum Gasteiger partial charge on any atom is 0.324 e. The van der Waals surface area contributed by atoms with Gasteiger partial charge in [0.15, 0.2) is 0 Å². The number of carboxylic acid groups (broad SMARTS) is 1. The van der Waals surface area contributed by atoms with Gasteiger partial charge in [0.25, 0.3) is 0 Å². The van der Waals surface area contributed by atoms with E-state index < -0.39 is 23.4 Å². The van der Waals surface area contributed by atoms with E-state index in [4.69, 9.17) is 10.5 Å². The van der Waals surface area contributed by atoms with Crippen molar-refractivity contribution in [3.63, 3.8) is 0 Å². The van der Waals surface area contributed by atoms with Crippen molar-refractivity contribution in [3.8, 4) is 0 Å². The highest BCUT2D eigenvalue weighted by Gasteiger charge is 2.48. The number of hydrogen-bond acceptors (Lipinski definition) is 4. The molecule has 5 nitrogen and oxygen atoms in total. The Balaban J connectivity index is 2.89.